The lowest BCUT2D eigenvalue weighted by molar-refractivity contribution is 0.0698. The van der Waals surface area contributed by atoms with Gasteiger partial charge in [-0.25, -0.2) is 13.4 Å². The number of halogens is 1. The predicted octanol–water partition coefficient (Wildman–Crippen LogP) is 4.39. The number of aryl methyl sites for hydroxylation is 1. The maximum Gasteiger partial charge on any atom is 0.259 e. The topological polar surface area (TPSA) is 97.0 Å². The van der Waals surface area contributed by atoms with Crippen molar-refractivity contribution in [1.29, 1.82) is 0 Å². The molecular weight excluding hydrogens is 550 g/mol. The van der Waals surface area contributed by atoms with Gasteiger partial charge in [-0.2, -0.15) is 4.31 Å². The molecule has 0 atom stereocenters. The van der Waals surface area contributed by atoms with E-state index in [-0.39, 0.29) is 24.6 Å². The third kappa shape index (κ3) is 5.84. The summed E-state index contributed by atoms with van der Waals surface area (Å²) in [7, 11) is -3.27. The Labute approximate surface area is 238 Å². The molecule has 0 saturated carbocycles. The highest BCUT2D eigenvalue weighted by Crippen LogP contribution is 2.25. The number of imidazole rings is 1. The fourth-order valence-corrected chi connectivity index (χ4v) is 5.98. The Morgan fingerprint density at radius 1 is 0.950 bits per heavy atom. The van der Waals surface area contributed by atoms with Gasteiger partial charge < -0.3 is 9.47 Å². The van der Waals surface area contributed by atoms with Crippen LogP contribution in [0.25, 0.3) is 28.3 Å². The van der Waals surface area contributed by atoms with Crippen molar-refractivity contribution in [2.24, 2.45) is 0 Å². The van der Waals surface area contributed by atoms with Crippen LogP contribution in [0.2, 0.25) is 5.02 Å². The van der Waals surface area contributed by atoms with Crippen LogP contribution in [-0.4, -0.2) is 69.9 Å². The minimum absolute atomic E-state index is 0.142. The van der Waals surface area contributed by atoms with Gasteiger partial charge in [0.05, 0.1) is 17.6 Å². The Balaban J connectivity index is 1.46. The first-order valence-electron chi connectivity index (χ1n) is 13.4. The molecule has 1 aliphatic heterocycles. The molecule has 0 spiro atoms. The molecule has 2 aromatic carbocycles. The van der Waals surface area contributed by atoms with Gasteiger partial charge in [0.1, 0.15) is 0 Å². The molecule has 1 amide bonds. The van der Waals surface area contributed by atoms with Crippen LogP contribution < -0.4 is 5.56 Å². The summed E-state index contributed by atoms with van der Waals surface area (Å²) in [6.45, 7) is 4.10. The summed E-state index contributed by atoms with van der Waals surface area (Å²) in [5.41, 5.74) is 3.44. The van der Waals surface area contributed by atoms with Crippen LogP contribution in [-0.2, 0) is 16.6 Å². The zero-order chi connectivity index (χ0) is 28.4. The molecule has 11 heteroatoms. The Morgan fingerprint density at radius 3 is 2.23 bits per heavy atom. The van der Waals surface area contributed by atoms with Crippen LogP contribution in [0.3, 0.4) is 0 Å². The molecule has 2 aromatic heterocycles. The smallest absolute Gasteiger partial charge is 0.259 e. The monoisotopic (exact) mass is 581 g/mol. The van der Waals surface area contributed by atoms with E-state index >= 15 is 0 Å². The Bertz CT molecular complexity index is 1690. The molecule has 4 aromatic rings. The third-order valence-electron chi connectivity index (χ3n) is 7.26. The first-order valence-corrected chi connectivity index (χ1v) is 15.6. The number of fused-ring (bicyclic) bond motifs is 1. The number of nitrogens with zero attached hydrogens (tertiary/aromatic N) is 5. The van der Waals surface area contributed by atoms with Gasteiger partial charge in [-0.3, -0.25) is 14.0 Å². The number of rotatable bonds is 8. The van der Waals surface area contributed by atoms with Crippen LogP contribution in [0, 0.1) is 0 Å². The van der Waals surface area contributed by atoms with Gasteiger partial charge in [-0.15, -0.1) is 0 Å². The van der Waals surface area contributed by atoms with Gasteiger partial charge in [0.15, 0.2) is 0 Å². The van der Waals surface area contributed by atoms with Crippen LogP contribution in [0.4, 0.5) is 0 Å². The van der Waals surface area contributed by atoms with Gasteiger partial charge in [-0.1, -0.05) is 55.6 Å². The second-order valence-electron chi connectivity index (χ2n) is 10.1. The molecule has 210 valence electrons. The molecule has 5 rings (SSSR count). The lowest BCUT2D eigenvalue weighted by Gasteiger charge is -2.33. The highest BCUT2D eigenvalue weighted by atomic mass is 35.5. The summed E-state index contributed by atoms with van der Waals surface area (Å²) >= 11 is 6.06. The zero-order valence-corrected chi connectivity index (χ0v) is 24.2. The van der Waals surface area contributed by atoms with Crippen molar-refractivity contribution >= 4 is 33.3 Å². The normalized spacial score (nSPS) is 14.6. The molecular formula is C29H32ClN5O4S. The maximum absolute atomic E-state index is 13.2. The minimum Gasteiger partial charge on any atom is -0.336 e. The van der Waals surface area contributed by atoms with Crippen molar-refractivity contribution in [2.75, 3.05) is 32.4 Å². The Kier molecular flexibility index (Phi) is 8.11. The first-order chi connectivity index (χ1) is 19.2. The average molecular weight is 582 g/mol. The van der Waals surface area contributed by atoms with E-state index in [1.165, 1.54) is 10.6 Å². The number of hydrogen-bond donors (Lipinski definition) is 0. The van der Waals surface area contributed by atoms with Gasteiger partial charge >= 0.3 is 0 Å². The SMILES string of the molecule is CCCCCn1c(-c2ccc(C(=O)N3CCN(S(C)(=O)=O)CC3)cc2)cc(=O)n2cc(-c3ccc(Cl)cc3)nc12. The number of unbranched alkanes of at least 4 members (excludes halogenated alkanes) is 2. The van der Waals surface area contributed by atoms with E-state index in [0.29, 0.717) is 41.7 Å². The van der Waals surface area contributed by atoms with E-state index in [2.05, 4.69) is 11.5 Å². The van der Waals surface area contributed by atoms with Crippen LogP contribution in [0.5, 0.6) is 0 Å². The molecule has 1 fully saturated rings. The van der Waals surface area contributed by atoms with E-state index in [9.17, 15) is 18.0 Å². The molecule has 0 N–H and O–H groups in total. The van der Waals surface area contributed by atoms with Crippen LogP contribution >= 0.6 is 11.6 Å². The predicted molar refractivity (Wildman–Crippen MR) is 157 cm³/mol. The second kappa shape index (κ2) is 11.6. The fraction of sp³-hybridized carbons (Fsp3) is 0.345. The van der Waals surface area contributed by atoms with E-state index in [1.54, 1.807) is 45.8 Å². The second-order valence-corrected chi connectivity index (χ2v) is 12.5. The quantitative estimate of drug-likeness (QED) is 0.288. The van der Waals surface area contributed by atoms with Gasteiger partial charge in [0.25, 0.3) is 11.5 Å². The number of carbonyl (C=O) groups excluding carboxylic acids is 1. The molecule has 0 aliphatic carbocycles. The molecule has 1 aliphatic rings. The minimum atomic E-state index is -3.27. The lowest BCUT2D eigenvalue weighted by Crippen LogP contribution is -2.50. The first kappa shape index (κ1) is 28.1. The average Bonchev–Trinajstić information content (AvgIpc) is 3.40. The molecule has 0 radical (unpaired) electrons. The van der Waals surface area contributed by atoms with Crippen molar-refractivity contribution in [3.63, 3.8) is 0 Å². The van der Waals surface area contributed by atoms with Crippen molar-refractivity contribution in [3.05, 3.63) is 81.7 Å². The maximum atomic E-state index is 13.2. The summed E-state index contributed by atoms with van der Waals surface area (Å²) in [5.74, 6) is 0.420. The lowest BCUT2D eigenvalue weighted by atomic mass is 10.1. The third-order valence-corrected chi connectivity index (χ3v) is 8.82. The highest BCUT2D eigenvalue weighted by molar-refractivity contribution is 7.88. The van der Waals surface area contributed by atoms with Crippen molar-refractivity contribution in [3.8, 4) is 22.5 Å². The summed E-state index contributed by atoms with van der Waals surface area (Å²) < 4.78 is 28.6. The van der Waals surface area contributed by atoms with Gasteiger partial charge in [0, 0.05) is 61.1 Å². The standard InChI is InChI=1S/C29H32ClN5O4S/c1-3-4-5-14-34-26(19-27(36)35-20-25(31-29(34)35)21-10-12-24(30)13-11-21)22-6-8-23(9-7-22)28(37)32-15-17-33(18-16-32)40(2,38)39/h6-13,19-20H,3-5,14-18H2,1-2H3. The summed E-state index contributed by atoms with van der Waals surface area (Å²) in [4.78, 5) is 32.8. The molecule has 1 saturated heterocycles. The largest absolute Gasteiger partial charge is 0.336 e. The molecule has 3 heterocycles. The van der Waals surface area contributed by atoms with E-state index in [1.807, 2.05) is 24.3 Å². The van der Waals surface area contributed by atoms with Crippen molar-refractivity contribution < 1.29 is 13.2 Å². The number of piperazine rings is 1. The number of carbonyl (C=O) groups is 1. The van der Waals surface area contributed by atoms with E-state index in [0.717, 1.165) is 36.1 Å². The zero-order valence-electron chi connectivity index (χ0n) is 22.6. The number of benzene rings is 2. The summed E-state index contributed by atoms with van der Waals surface area (Å²) in [6.07, 6.45) is 5.98. The molecule has 40 heavy (non-hydrogen) atoms. The number of amides is 1. The molecule has 0 unspecified atom stereocenters. The van der Waals surface area contributed by atoms with Gasteiger partial charge in [-0.05, 0) is 36.2 Å². The number of hydrogen-bond acceptors (Lipinski definition) is 5. The summed E-state index contributed by atoms with van der Waals surface area (Å²) in [6, 6.07) is 16.2. The van der Waals surface area contributed by atoms with Crippen molar-refractivity contribution in [2.45, 2.75) is 32.7 Å². The van der Waals surface area contributed by atoms with E-state index in [4.69, 9.17) is 16.6 Å². The van der Waals surface area contributed by atoms with Crippen LogP contribution in [0.1, 0.15) is 36.5 Å². The number of sulfonamides is 1. The number of aromatic nitrogens is 3. The van der Waals surface area contributed by atoms with Crippen LogP contribution in [0.15, 0.2) is 65.6 Å². The van der Waals surface area contributed by atoms with Crippen molar-refractivity contribution in [1.82, 2.24) is 23.2 Å². The Hall–Kier alpha value is -3.47. The van der Waals surface area contributed by atoms with E-state index < -0.39 is 10.0 Å². The summed E-state index contributed by atoms with van der Waals surface area (Å²) in [5, 5.41) is 0.632. The molecule has 0 bridgehead atoms. The van der Waals surface area contributed by atoms with Gasteiger partial charge in [0.2, 0.25) is 15.8 Å². The fourth-order valence-electron chi connectivity index (χ4n) is 5.02. The Morgan fingerprint density at radius 2 is 1.60 bits per heavy atom. The highest BCUT2D eigenvalue weighted by Gasteiger charge is 2.26. The molecule has 9 nitrogen and oxygen atoms in total.